The number of aryl methyl sites for hydroxylation is 2. The van der Waals surface area contributed by atoms with Gasteiger partial charge in [-0.15, -0.1) is 0 Å². The van der Waals surface area contributed by atoms with Crippen molar-refractivity contribution in [1.29, 1.82) is 0 Å². The zero-order valence-corrected chi connectivity index (χ0v) is 11.2. The van der Waals surface area contributed by atoms with Crippen molar-refractivity contribution in [3.05, 3.63) is 29.3 Å². The summed E-state index contributed by atoms with van der Waals surface area (Å²) in [4.78, 5) is 13.7. The first-order chi connectivity index (χ1) is 7.90. The molecule has 0 aliphatic rings. The minimum absolute atomic E-state index is 0.0756. The lowest BCUT2D eigenvalue weighted by molar-refractivity contribution is -0.118. The van der Waals surface area contributed by atoms with Crippen LogP contribution >= 0.6 is 0 Å². The summed E-state index contributed by atoms with van der Waals surface area (Å²) < 4.78 is 0. The summed E-state index contributed by atoms with van der Waals surface area (Å²) in [5, 5.41) is 0. The highest BCUT2D eigenvalue weighted by molar-refractivity contribution is 5.92. The summed E-state index contributed by atoms with van der Waals surface area (Å²) in [5.41, 5.74) is 8.96. The molecule has 1 rings (SSSR count). The minimum Gasteiger partial charge on any atom is -0.328 e. The van der Waals surface area contributed by atoms with Crippen LogP contribution in [0.1, 0.15) is 30.9 Å². The highest BCUT2D eigenvalue weighted by Gasteiger charge is 2.11. The summed E-state index contributed by atoms with van der Waals surface area (Å²) in [6, 6.07) is 6.23. The van der Waals surface area contributed by atoms with Crippen molar-refractivity contribution >= 4 is 11.6 Å². The molecule has 0 aromatic heterocycles. The molecule has 0 heterocycles. The van der Waals surface area contributed by atoms with Crippen LogP contribution < -0.4 is 10.6 Å². The predicted molar refractivity (Wildman–Crippen MR) is 72.2 cm³/mol. The molecule has 2 N–H and O–H groups in total. The fraction of sp³-hybridized carbons (Fsp3) is 0.500. The second-order valence-corrected chi connectivity index (χ2v) is 4.81. The fourth-order valence-electron chi connectivity index (χ4n) is 1.81. The summed E-state index contributed by atoms with van der Waals surface area (Å²) >= 11 is 0. The van der Waals surface area contributed by atoms with Gasteiger partial charge in [-0.1, -0.05) is 6.07 Å². The van der Waals surface area contributed by atoms with Crippen LogP contribution in [0, 0.1) is 13.8 Å². The molecular formula is C14H22N2O. The lowest BCUT2D eigenvalue weighted by Crippen LogP contribution is -2.28. The van der Waals surface area contributed by atoms with Gasteiger partial charge >= 0.3 is 0 Å². The van der Waals surface area contributed by atoms with E-state index in [0.29, 0.717) is 6.42 Å². The molecule has 1 amide bonds. The maximum atomic E-state index is 11.9. The number of nitrogens with two attached hydrogens (primary N) is 1. The first-order valence-corrected chi connectivity index (χ1v) is 6.00. The summed E-state index contributed by atoms with van der Waals surface area (Å²) in [6.07, 6.45) is 1.23. The lowest BCUT2D eigenvalue weighted by atomic mass is 10.1. The van der Waals surface area contributed by atoms with Gasteiger partial charge in [-0.3, -0.25) is 4.79 Å². The van der Waals surface area contributed by atoms with Crippen molar-refractivity contribution in [2.75, 3.05) is 11.9 Å². The van der Waals surface area contributed by atoms with Gasteiger partial charge in [0.05, 0.1) is 0 Å². The average molecular weight is 234 g/mol. The van der Waals surface area contributed by atoms with Crippen LogP contribution in [0.2, 0.25) is 0 Å². The quantitative estimate of drug-likeness (QED) is 0.869. The van der Waals surface area contributed by atoms with Crippen molar-refractivity contribution in [3.8, 4) is 0 Å². The molecule has 1 aromatic carbocycles. The van der Waals surface area contributed by atoms with Gasteiger partial charge < -0.3 is 10.6 Å². The highest BCUT2D eigenvalue weighted by Crippen LogP contribution is 2.18. The molecule has 0 bridgehead atoms. The minimum atomic E-state index is 0.0756. The van der Waals surface area contributed by atoms with Gasteiger partial charge in [0.1, 0.15) is 0 Å². The van der Waals surface area contributed by atoms with E-state index in [1.54, 1.807) is 4.90 Å². The zero-order chi connectivity index (χ0) is 13.0. The molecule has 0 aliphatic heterocycles. The van der Waals surface area contributed by atoms with Crippen LogP contribution in [0.3, 0.4) is 0 Å². The van der Waals surface area contributed by atoms with Crippen molar-refractivity contribution in [1.82, 2.24) is 0 Å². The van der Waals surface area contributed by atoms with Crippen LogP contribution in [0.4, 0.5) is 5.69 Å². The first kappa shape index (κ1) is 13.7. The van der Waals surface area contributed by atoms with E-state index in [1.165, 1.54) is 11.1 Å². The van der Waals surface area contributed by atoms with Crippen LogP contribution in [-0.4, -0.2) is 19.0 Å². The Morgan fingerprint density at radius 3 is 2.29 bits per heavy atom. The number of carbonyl (C=O) groups is 1. The monoisotopic (exact) mass is 234 g/mol. The Labute approximate surface area is 104 Å². The second kappa shape index (κ2) is 5.82. The molecule has 0 saturated heterocycles. The number of amides is 1. The van der Waals surface area contributed by atoms with E-state index in [-0.39, 0.29) is 11.9 Å². The lowest BCUT2D eigenvalue weighted by Gasteiger charge is -2.19. The summed E-state index contributed by atoms with van der Waals surface area (Å²) in [6.45, 7) is 6.00. The normalized spacial score (nSPS) is 12.3. The third-order valence-electron chi connectivity index (χ3n) is 2.78. The Hall–Kier alpha value is -1.35. The Morgan fingerprint density at radius 1 is 1.29 bits per heavy atom. The Balaban J connectivity index is 2.74. The van der Waals surface area contributed by atoms with E-state index in [2.05, 4.69) is 6.07 Å². The fourth-order valence-corrected chi connectivity index (χ4v) is 1.81. The molecule has 3 nitrogen and oxygen atoms in total. The number of hydrogen-bond donors (Lipinski definition) is 1. The van der Waals surface area contributed by atoms with Gasteiger partial charge in [0.15, 0.2) is 0 Å². The molecule has 0 saturated carbocycles. The van der Waals surface area contributed by atoms with Crippen molar-refractivity contribution in [2.24, 2.45) is 5.73 Å². The van der Waals surface area contributed by atoms with Crippen LogP contribution in [0.25, 0.3) is 0 Å². The predicted octanol–water partition coefficient (Wildman–Crippen LogP) is 2.39. The number of carbonyl (C=O) groups excluding carboxylic acids is 1. The molecule has 0 spiro atoms. The van der Waals surface area contributed by atoms with Crippen molar-refractivity contribution in [2.45, 2.75) is 39.7 Å². The standard InChI is InChI=1S/C14H22N2O/c1-10-7-11(2)9-13(8-10)16(4)14(17)6-5-12(3)15/h7-9,12H,5-6,15H2,1-4H3. The van der Waals surface area contributed by atoms with E-state index in [9.17, 15) is 4.79 Å². The Bertz CT molecular complexity index is 379. The average Bonchev–Trinajstić information content (AvgIpc) is 2.23. The number of nitrogens with zero attached hydrogens (tertiary/aromatic N) is 1. The highest BCUT2D eigenvalue weighted by atomic mass is 16.2. The topological polar surface area (TPSA) is 46.3 Å². The molecule has 94 valence electrons. The van der Waals surface area contributed by atoms with Gasteiger partial charge in [0.25, 0.3) is 0 Å². The van der Waals surface area contributed by atoms with E-state index in [1.807, 2.05) is 40.0 Å². The van der Waals surface area contributed by atoms with E-state index >= 15 is 0 Å². The Morgan fingerprint density at radius 2 is 1.82 bits per heavy atom. The number of anilines is 1. The molecule has 0 radical (unpaired) electrons. The van der Waals surface area contributed by atoms with Gasteiger partial charge in [-0.2, -0.15) is 0 Å². The molecule has 1 unspecified atom stereocenters. The van der Waals surface area contributed by atoms with Gasteiger partial charge in [0.2, 0.25) is 5.91 Å². The Kier molecular flexibility index (Phi) is 4.70. The third kappa shape index (κ3) is 4.19. The largest absolute Gasteiger partial charge is 0.328 e. The molecule has 0 fully saturated rings. The van der Waals surface area contributed by atoms with Crippen LogP contribution in [0.15, 0.2) is 18.2 Å². The molecule has 17 heavy (non-hydrogen) atoms. The van der Waals surface area contributed by atoms with Crippen molar-refractivity contribution < 1.29 is 4.79 Å². The second-order valence-electron chi connectivity index (χ2n) is 4.81. The first-order valence-electron chi connectivity index (χ1n) is 6.00. The molecular weight excluding hydrogens is 212 g/mol. The van der Waals surface area contributed by atoms with Gasteiger partial charge in [0, 0.05) is 25.2 Å². The molecule has 0 aliphatic carbocycles. The maximum Gasteiger partial charge on any atom is 0.226 e. The van der Waals surface area contributed by atoms with E-state index in [4.69, 9.17) is 5.73 Å². The van der Waals surface area contributed by atoms with Gasteiger partial charge in [-0.05, 0) is 50.5 Å². The number of benzene rings is 1. The number of rotatable bonds is 4. The summed E-state index contributed by atoms with van der Waals surface area (Å²) in [7, 11) is 1.82. The number of hydrogen-bond acceptors (Lipinski definition) is 2. The van der Waals surface area contributed by atoms with Crippen LogP contribution in [-0.2, 0) is 4.79 Å². The zero-order valence-electron chi connectivity index (χ0n) is 11.2. The van der Waals surface area contributed by atoms with E-state index < -0.39 is 0 Å². The molecule has 3 heteroatoms. The third-order valence-corrected chi connectivity index (χ3v) is 2.78. The van der Waals surface area contributed by atoms with Gasteiger partial charge in [-0.25, -0.2) is 0 Å². The van der Waals surface area contributed by atoms with E-state index in [0.717, 1.165) is 12.1 Å². The maximum absolute atomic E-state index is 11.9. The SMILES string of the molecule is Cc1cc(C)cc(N(C)C(=O)CCC(C)N)c1. The van der Waals surface area contributed by atoms with Crippen LogP contribution in [0.5, 0.6) is 0 Å². The molecule has 1 aromatic rings. The smallest absolute Gasteiger partial charge is 0.226 e. The summed E-state index contributed by atoms with van der Waals surface area (Å²) in [5.74, 6) is 0.118. The molecule has 1 atom stereocenters. The van der Waals surface area contributed by atoms with Crippen molar-refractivity contribution in [3.63, 3.8) is 0 Å².